The highest BCUT2D eigenvalue weighted by molar-refractivity contribution is 5.33. The maximum Gasteiger partial charge on any atom is 0.123 e. The van der Waals surface area contributed by atoms with Crippen molar-refractivity contribution in [1.82, 2.24) is 10.2 Å². The summed E-state index contributed by atoms with van der Waals surface area (Å²) in [6, 6.07) is 8.76. The smallest absolute Gasteiger partial charge is 0.123 e. The topological polar surface area (TPSA) is 24.5 Å². The van der Waals surface area contributed by atoms with Crippen molar-refractivity contribution in [2.24, 2.45) is 0 Å². The molecule has 0 amide bonds. The van der Waals surface area contributed by atoms with Crippen LogP contribution in [0, 0.1) is 0 Å². The molecule has 3 heteroatoms. The average Bonchev–Trinajstić information content (AvgIpc) is 2.38. The van der Waals surface area contributed by atoms with Crippen LogP contribution < -0.4 is 10.1 Å². The molecule has 0 atom stereocenters. The summed E-state index contributed by atoms with van der Waals surface area (Å²) >= 11 is 0. The second kappa shape index (κ2) is 8.94. The second-order valence-corrected chi connectivity index (χ2v) is 5.30. The van der Waals surface area contributed by atoms with Crippen molar-refractivity contribution in [2.45, 2.75) is 39.8 Å². The van der Waals surface area contributed by atoms with E-state index >= 15 is 0 Å². The predicted molar refractivity (Wildman–Crippen MR) is 81.7 cm³/mol. The zero-order valence-corrected chi connectivity index (χ0v) is 12.8. The van der Waals surface area contributed by atoms with Crippen molar-refractivity contribution < 1.29 is 4.74 Å². The second-order valence-electron chi connectivity index (χ2n) is 5.30. The number of nitrogens with zero attached hydrogens (tertiary/aromatic N) is 1. The van der Waals surface area contributed by atoms with Crippen LogP contribution in [-0.4, -0.2) is 37.7 Å². The number of likely N-dealkylation sites (N-methyl/N-ethyl adjacent to an activating group) is 1. The molecule has 1 aromatic carbocycles. The fourth-order valence-electron chi connectivity index (χ4n) is 1.91. The molecule has 0 bridgehead atoms. The number of rotatable bonds is 9. The van der Waals surface area contributed by atoms with E-state index < -0.39 is 0 Å². The normalized spacial score (nSPS) is 11.3. The highest BCUT2D eigenvalue weighted by Crippen LogP contribution is 2.17. The number of ether oxygens (including phenoxy) is 1. The quantitative estimate of drug-likeness (QED) is 0.742. The largest absolute Gasteiger partial charge is 0.492 e. The Balaban J connectivity index is 2.44. The maximum atomic E-state index is 5.90. The van der Waals surface area contributed by atoms with Gasteiger partial charge in [-0.2, -0.15) is 0 Å². The minimum absolute atomic E-state index is 0.490. The summed E-state index contributed by atoms with van der Waals surface area (Å²) < 4.78 is 5.90. The van der Waals surface area contributed by atoms with Crippen molar-refractivity contribution in [2.75, 3.05) is 26.7 Å². The summed E-state index contributed by atoms with van der Waals surface area (Å²) in [7, 11) is 2.14. The van der Waals surface area contributed by atoms with Crippen molar-refractivity contribution >= 4 is 0 Å². The molecule has 1 N–H and O–H groups in total. The summed E-state index contributed by atoms with van der Waals surface area (Å²) in [6.45, 7) is 10.2. The molecule has 0 aromatic heterocycles. The zero-order valence-electron chi connectivity index (χ0n) is 12.8. The van der Waals surface area contributed by atoms with Crippen molar-refractivity contribution in [3.8, 4) is 5.75 Å². The van der Waals surface area contributed by atoms with Crippen LogP contribution in [0.25, 0.3) is 0 Å². The van der Waals surface area contributed by atoms with Gasteiger partial charge in [-0.1, -0.05) is 39.0 Å². The van der Waals surface area contributed by atoms with Crippen LogP contribution in [0.2, 0.25) is 0 Å². The summed E-state index contributed by atoms with van der Waals surface area (Å²) in [4.78, 5) is 2.30. The minimum atomic E-state index is 0.490. The Kier molecular flexibility index (Phi) is 7.53. The Morgan fingerprint density at radius 1 is 1.21 bits per heavy atom. The van der Waals surface area contributed by atoms with E-state index in [-0.39, 0.29) is 0 Å². The number of hydrogen-bond donors (Lipinski definition) is 1. The third-order valence-electron chi connectivity index (χ3n) is 3.01. The van der Waals surface area contributed by atoms with Gasteiger partial charge in [0.1, 0.15) is 12.4 Å². The molecule has 0 unspecified atom stereocenters. The Bertz CT molecular complexity index is 352. The van der Waals surface area contributed by atoms with Gasteiger partial charge in [-0.05, 0) is 26.1 Å². The van der Waals surface area contributed by atoms with E-state index in [9.17, 15) is 0 Å². The SMILES string of the molecule is CCCN(C)CCOc1ccccc1CNC(C)C. The molecule has 0 aliphatic heterocycles. The van der Waals surface area contributed by atoms with Gasteiger partial charge in [0.15, 0.2) is 0 Å². The molecule has 3 nitrogen and oxygen atoms in total. The van der Waals surface area contributed by atoms with Crippen LogP contribution in [0.3, 0.4) is 0 Å². The number of benzene rings is 1. The van der Waals surface area contributed by atoms with Crippen LogP contribution in [0.15, 0.2) is 24.3 Å². The van der Waals surface area contributed by atoms with Gasteiger partial charge in [-0.25, -0.2) is 0 Å². The molecule has 0 spiro atoms. The lowest BCUT2D eigenvalue weighted by Gasteiger charge is -2.17. The van der Waals surface area contributed by atoms with Gasteiger partial charge in [-0.3, -0.25) is 0 Å². The molecule has 0 heterocycles. The number of para-hydroxylation sites is 1. The zero-order chi connectivity index (χ0) is 14.1. The van der Waals surface area contributed by atoms with Gasteiger partial charge in [0, 0.05) is 24.7 Å². The highest BCUT2D eigenvalue weighted by Gasteiger charge is 2.04. The van der Waals surface area contributed by atoms with Crippen molar-refractivity contribution in [3.63, 3.8) is 0 Å². The van der Waals surface area contributed by atoms with Gasteiger partial charge < -0.3 is 15.0 Å². The van der Waals surface area contributed by atoms with Crippen LogP contribution in [0.5, 0.6) is 5.75 Å². The van der Waals surface area contributed by atoms with Gasteiger partial charge >= 0.3 is 0 Å². The van der Waals surface area contributed by atoms with E-state index in [1.54, 1.807) is 0 Å². The lowest BCUT2D eigenvalue weighted by molar-refractivity contribution is 0.236. The van der Waals surface area contributed by atoms with E-state index in [0.29, 0.717) is 6.04 Å². The van der Waals surface area contributed by atoms with Crippen LogP contribution in [0.4, 0.5) is 0 Å². The average molecular weight is 264 g/mol. The molecule has 19 heavy (non-hydrogen) atoms. The van der Waals surface area contributed by atoms with E-state index in [1.165, 1.54) is 12.0 Å². The maximum absolute atomic E-state index is 5.90. The van der Waals surface area contributed by atoms with Gasteiger partial charge in [0.2, 0.25) is 0 Å². The van der Waals surface area contributed by atoms with Crippen molar-refractivity contribution in [3.05, 3.63) is 29.8 Å². The van der Waals surface area contributed by atoms with Crippen LogP contribution >= 0.6 is 0 Å². The van der Waals surface area contributed by atoms with Gasteiger partial charge in [0.05, 0.1) is 0 Å². The molecular weight excluding hydrogens is 236 g/mol. The molecule has 0 saturated carbocycles. The van der Waals surface area contributed by atoms with Crippen LogP contribution in [0.1, 0.15) is 32.8 Å². The highest BCUT2D eigenvalue weighted by atomic mass is 16.5. The molecule has 108 valence electrons. The third-order valence-corrected chi connectivity index (χ3v) is 3.01. The predicted octanol–water partition coefficient (Wildman–Crippen LogP) is 2.91. The van der Waals surface area contributed by atoms with E-state index in [4.69, 9.17) is 4.74 Å². The molecule has 1 rings (SSSR count). The Labute approximate surface area is 118 Å². The fourth-order valence-corrected chi connectivity index (χ4v) is 1.91. The first kappa shape index (κ1) is 16.0. The molecule has 1 aromatic rings. The molecule has 0 aliphatic rings. The fraction of sp³-hybridized carbons (Fsp3) is 0.625. The summed E-state index contributed by atoms with van der Waals surface area (Å²) in [6.07, 6.45) is 1.19. The lowest BCUT2D eigenvalue weighted by Crippen LogP contribution is -2.25. The molecule has 0 radical (unpaired) electrons. The first-order valence-corrected chi connectivity index (χ1v) is 7.26. The number of hydrogen-bond acceptors (Lipinski definition) is 3. The van der Waals surface area contributed by atoms with Crippen molar-refractivity contribution in [1.29, 1.82) is 0 Å². The Morgan fingerprint density at radius 2 is 1.95 bits per heavy atom. The van der Waals surface area contributed by atoms with E-state index in [1.807, 2.05) is 6.07 Å². The molecule has 0 fully saturated rings. The first-order valence-electron chi connectivity index (χ1n) is 7.26. The Hall–Kier alpha value is -1.06. The first-order chi connectivity index (χ1) is 9.13. The molecular formula is C16H28N2O. The standard InChI is InChI=1S/C16H28N2O/c1-5-10-18(4)11-12-19-16-9-7-6-8-15(16)13-17-14(2)3/h6-9,14,17H,5,10-13H2,1-4H3. The summed E-state index contributed by atoms with van der Waals surface area (Å²) in [5.74, 6) is 1.00. The van der Waals surface area contributed by atoms with E-state index in [0.717, 1.165) is 32.0 Å². The van der Waals surface area contributed by atoms with Gasteiger partial charge in [0.25, 0.3) is 0 Å². The summed E-state index contributed by atoms with van der Waals surface area (Å²) in [5.41, 5.74) is 1.23. The minimum Gasteiger partial charge on any atom is -0.492 e. The molecule has 0 aliphatic carbocycles. The summed E-state index contributed by atoms with van der Waals surface area (Å²) in [5, 5.41) is 3.43. The van der Waals surface area contributed by atoms with Gasteiger partial charge in [-0.15, -0.1) is 0 Å². The number of nitrogens with one attached hydrogen (secondary N) is 1. The van der Waals surface area contributed by atoms with E-state index in [2.05, 4.69) is 56.2 Å². The van der Waals surface area contributed by atoms with Crippen LogP contribution in [-0.2, 0) is 6.54 Å². The lowest BCUT2D eigenvalue weighted by atomic mass is 10.2. The molecule has 0 saturated heterocycles. The monoisotopic (exact) mass is 264 g/mol. The third kappa shape index (κ3) is 6.60. The Morgan fingerprint density at radius 3 is 2.63 bits per heavy atom.